The van der Waals surface area contributed by atoms with Crippen LogP contribution in [-0.2, 0) is 22.5 Å². The first-order valence-electron chi connectivity index (χ1n) is 16.6. The van der Waals surface area contributed by atoms with Crippen LogP contribution in [0.25, 0.3) is 0 Å². The van der Waals surface area contributed by atoms with E-state index >= 15 is 0 Å². The smallest absolute Gasteiger partial charge is 0.292 e. The maximum Gasteiger partial charge on any atom is 0.292 e. The van der Waals surface area contributed by atoms with Crippen molar-refractivity contribution >= 4 is 39.2 Å². The van der Waals surface area contributed by atoms with E-state index in [9.17, 15) is 4.79 Å². The lowest BCUT2D eigenvalue weighted by atomic mass is 9.87. The van der Waals surface area contributed by atoms with E-state index < -0.39 is 33.3 Å². The van der Waals surface area contributed by atoms with Gasteiger partial charge in [-0.2, -0.15) is 0 Å². The number of unbranched alkanes of at least 4 members (excludes halogenated alkanes) is 5. The number of rotatable bonds is 20. The minimum atomic E-state index is -1.79. The Bertz CT molecular complexity index is 777. The summed E-state index contributed by atoms with van der Waals surface area (Å²) in [5, 5.41) is 0. The zero-order valence-electron chi connectivity index (χ0n) is 29.4. The van der Waals surface area contributed by atoms with Gasteiger partial charge >= 0.3 is 0 Å². The highest BCUT2D eigenvalue weighted by Crippen LogP contribution is 2.43. The average Bonchev–Trinajstić information content (AvgIpc) is 3.04. The van der Waals surface area contributed by atoms with Gasteiger partial charge < -0.3 is 17.7 Å². The molecule has 0 aromatic rings. The van der Waals surface area contributed by atoms with E-state index in [1.807, 2.05) is 0 Å². The fourth-order valence-electron chi connectivity index (χ4n) is 5.79. The molecule has 1 aliphatic carbocycles. The van der Waals surface area contributed by atoms with Crippen molar-refractivity contribution in [1.29, 1.82) is 0 Å². The minimum Gasteiger partial charge on any atom is -0.520 e. The van der Waals surface area contributed by atoms with Crippen molar-refractivity contribution in [1.82, 2.24) is 0 Å². The second-order valence-electron chi connectivity index (χ2n) is 16.2. The van der Waals surface area contributed by atoms with Gasteiger partial charge in [0.05, 0.1) is 18.3 Å². The molecule has 0 aliphatic heterocycles. The summed E-state index contributed by atoms with van der Waals surface area (Å²) in [6, 6.07) is 0. The fourth-order valence-corrected chi connectivity index (χ4v) is 10.0. The topological polar surface area (TPSA) is 54.0 Å². The van der Waals surface area contributed by atoms with E-state index in [-0.39, 0.29) is 24.3 Å². The third-order valence-corrected chi connectivity index (χ3v) is 11.0. The van der Waals surface area contributed by atoms with Crippen LogP contribution < -0.4 is 0 Å². The van der Waals surface area contributed by atoms with Gasteiger partial charge in [-0.15, -0.1) is 0 Å². The summed E-state index contributed by atoms with van der Waals surface area (Å²) in [5.74, 6) is 0.794. The number of carbonyl (C=O) groups excluding carboxylic acids is 1. The summed E-state index contributed by atoms with van der Waals surface area (Å²) in [7, 11) is -6.88. The lowest BCUT2D eigenvalue weighted by molar-refractivity contribution is -0.135. The first-order chi connectivity index (χ1) is 18.7. The molecule has 1 rings (SSSR count). The van der Waals surface area contributed by atoms with E-state index in [4.69, 9.17) is 17.7 Å². The van der Waals surface area contributed by atoms with Gasteiger partial charge in [0.2, 0.25) is 8.32 Å². The molecule has 5 nitrogen and oxygen atoms in total. The summed E-state index contributed by atoms with van der Waals surface area (Å²) in [6.07, 6.45) is 17.3. The van der Waals surface area contributed by atoms with E-state index in [0.717, 1.165) is 44.9 Å². The maximum atomic E-state index is 12.1. The van der Waals surface area contributed by atoms with Crippen molar-refractivity contribution in [3.63, 3.8) is 0 Å². The molecule has 1 aliphatic rings. The molecule has 9 heteroatoms. The number of hydrogen-bond donors (Lipinski definition) is 0. The molecule has 0 bridgehead atoms. The molecule has 0 aromatic heterocycles. The van der Waals surface area contributed by atoms with Crippen molar-refractivity contribution in [2.45, 2.75) is 174 Å². The number of carbonyl (C=O) groups is 1. The van der Waals surface area contributed by atoms with Crippen molar-refractivity contribution < 1.29 is 22.5 Å². The second kappa shape index (κ2) is 17.4. The molecule has 0 aromatic carbocycles. The van der Waals surface area contributed by atoms with Crippen molar-refractivity contribution in [3.8, 4) is 0 Å². The van der Waals surface area contributed by atoms with Gasteiger partial charge in [0.25, 0.3) is 5.97 Å². The van der Waals surface area contributed by atoms with Crippen LogP contribution in [0.15, 0.2) is 12.2 Å². The Balaban J connectivity index is 3.04. The van der Waals surface area contributed by atoms with Crippen LogP contribution in [0.5, 0.6) is 0 Å². The summed E-state index contributed by atoms with van der Waals surface area (Å²) in [6.45, 7) is 29.2. The predicted octanol–water partition coefficient (Wildman–Crippen LogP) is 10.1. The lowest BCUT2D eigenvalue weighted by Crippen LogP contribution is -2.35. The fraction of sp³-hybridized carbons (Fsp3) is 0.906. The molecule has 5 unspecified atom stereocenters. The summed E-state index contributed by atoms with van der Waals surface area (Å²) >= 11 is 0. The molecule has 1 fully saturated rings. The highest BCUT2D eigenvalue weighted by atomic mass is 28.4. The molecule has 1 saturated carbocycles. The van der Waals surface area contributed by atoms with Crippen LogP contribution >= 0.6 is 0 Å². The van der Waals surface area contributed by atoms with Gasteiger partial charge in [0, 0.05) is 12.3 Å². The van der Waals surface area contributed by atoms with Gasteiger partial charge in [0.15, 0.2) is 25.0 Å². The Kier molecular flexibility index (Phi) is 16.6. The summed E-state index contributed by atoms with van der Waals surface area (Å²) < 4.78 is 26.0. The Morgan fingerprint density at radius 3 is 1.85 bits per heavy atom. The third kappa shape index (κ3) is 19.1. The minimum absolute atomic E-state index is 0.0193. The molecule has 0 heterocycles. The van der Waals surface area contributed by atoms with Crippen LogP contribution in [-0.4, -0.2) is 57.6 Å². The van der Waals surface area contributed by atoms with Gasteiger partial charge in [-0.1, -0.05) is 57.6 Å². The van der Waals surface area contributed by atoms with Crippen LogP contribution in [0.3, 0.4) is 0 Å². The Morgan fingerprint density at radius 1 is 0.732 bits per heavy atom. The first kappa shape index (κ1) is 39.0. The molecule has 0 saturated heterocycles. The highest BCUT2D eigenvalue weighted by molar-refractivity contribution is 6.71. The van der Waals surface area contributed by atoms with Crippen molar-refractivity contribution in [2.24, 2.45) is 11.8 Å². The molecule has 0 N–H and O–H groups in total. The van der Waals surface area contributed by atoms with Crippen LogP contribution in [0, 0.1) is 11.8 Å². The molecule has 0 amide bonds. The Labute approximate surface area is 259 Å². The highest BCUT2D eigenvalue weighted by Gasteiger charge is 2.45. The molecule has 0 spiro atoms. The van der Waals surface area contributed by atoms with Gasteiger partial charge in [-0.25, -0.2) is 0 Å². The van der Waals surface area contributed by atoms with Crippen LogP contribution in [0.4, 0.5) is 0 Å². The molecule has 0 radical (unpaired) electrons. The predicted molar refractivity (Wildman–Crippen MR) is 187 cm³/mol. The molecular weight excluding hydrogens is 577 g/mol. The van der Waals surface area contributed by atoms with Crippen molar-refractivity contribution in [3.05, 3.63) is 12.2 Å². The standard InChI is InChI=1S/C32H68O5Si4/c1-14-15-18-21-27(34-38(2,3)4)24-25-29-28(22-19-16-17-20-23-32(33)37-41(11,12)13)30(35-39(5,6)7)26-31(29)36-40(8,9)10/h24-25,27-31H,14-23,26H2,1-13H3/b25-24+. The zero-order chi connectivity index (χ0) is 31.5. The van der Waals surface area contributed by atoms with E-state index in [2.05, 4.69) is 97.6 Å². The molecule has 242 valence electrons. The van der Waals surface area contributed by atoms with Crippen molar-refractivity contribution in [2.75, 3.05) is 0 Å². The van der Waals surface area contributed by atoms with Crippen LogP contribution in [0.2, 0.25) is 78.6 Å². The molecule has 41 heavy (non-hydrogen) atoms. The normalized spacial score (nSPS) is 23.3. The SMILES string of the molecule is CCCCCC(/C=C/C1C(O[Si](C)(C)C)CC(O[Si](C)(C)C)C1CCCCCCC(=O)O[Si](C)(C)C)O[Si](C)(C)C. The summed E-state index contributed by atoms with van der Waals surface area (Å²) in [4.78, 5) is 12.1. The average molecular weight is 645 g/mol. The van der Waals surface area contributed by atoms with Gasteiger partial charge in [0.1, 0.15) is 0 Å². The summed E-state index contributed by atoms with van der Waals surface area (Å²) in [5.41, 5.74) is 0. The Morgan fingerprint density at radius 2 is 1.32 bits per heavy atom. The largest absolute Gasteiger partial charge is 0.520 e. The monoisotopic (exact) mass is 644 g/mol. The van der Waals surface area contributed by atoms with Gasteiger partial charge in [-0.3, -0.25) is 4.79 Å². The quantitative estimate of drug-likeness (QED) is 0.0750. The zero-order valence-corrected chi connectivity index (χ0v) is 33.4. The van der Waals surface area contributed by atoms with E-state index in [0.29, 0.717) is 18.3 Å². The lowest BCUT2D eigenvalue weighted by Gasteiger charge is -2.31. The second-order valence-corrected chi connectivity index (χ2v) is 34.0. The van der Waals surface area contributed by atoms with Crippen LogP contribution in [0.1, 0.15) is 77.6 Å². The maximum absolute atomic E-state index is 12.1. The molecule has 5 atom stereocenters. The molecular formula is C32H68O5Si4. The van der Waals surface area contributed by atoms with E-state index in [1.165, 1.54) is 19.3 Å². The first-order valence-corrected chi connectivity index (χ1v) is 30.3. The Hall–Kier alpha value is -0.0425. The third-order valence-electron chi connectivity index (χ3n) is 7.11. The van der Waals surface area contributed by atoms with E-state index in [1.54, 1.807) is 0 Å². The number of hydrogen-bond acceptors (Lipinski definition) is 5. The van der Waals surface area contributed by atoms with Gasteiger partial charge in [-0.05, 0) is 110 Å².